The maximum Gasteiger partial charge on any atom is 0.341 e. The van der Waals surface area contributed by atoms with E-state index in [1.807, 2.05) is 11.8 Å². The van der Waals surface area contributed by atoms with E-state index in [2.05, 4.69) is 5.32 Å². The van der Waals surface area contributed by atoms with E-state index in [9.17, 15) is 19.7 Å². The first-order valence-electron chi connectivity index (χ1n) is 9.36. The van der Waals surface area contributed by atoms with Gasteiger partial charge in [-0.1, -0.05) is 0 Å². The number of anilines is 2. The lowest BCUT2D eigenvalue weighted by Gasteiger charge is -2.28. The number of nitro benzene ring substituents is 1. The number of hydrogen-bond acceptors (Lipinski definition) is 7. The lowest BCUT2D eigenvalue weighted by atomic mass is 10.1. The van der Waals surface area contributed by atoms with E-state index in [-0.39, 0.29) is 11.3 Å². The van der Waals surface area contributed by atoms with Gasteiger partial charge in [-0.3, -0.25) is 14.9 Å². The summed E-state index contributed by atoms with van der Waals surface area (Å²) >= 11 is 1.27. The smallest absolute Gasteiger partial charge is 0.341 e. The molecule has 0 spiro atoms. The van der Waals surface area contributed by atoms with Crippen molar-refractivity contribution in [3.05, 3.63) is 49.9 Å². The number of nitro groups is 1. The summed E-state index contributed by atoms with van der Waals surface area (Å²) in [4.78, 5) is 38.9. The SMILES string of the molecule is COC(=O)c1c(NC(=O)c2ccc(N3CCCCC3)c([N+](=O)[O-])c2)sc(C)c1C. The van der Waals surface area contributed by atoms with E-state index in [1.165, 1.54) is 24.5 Å². The fraction of sp³-hybridized carbons (Fsp3) is 0.400. The van der Waals surface area contributed by atoms with E-state index in [0.717, 1.165) is 42.8 Å². The number of aryl methyl sites for hydroxylation is 1. The Labute approximate surface area is 172 Å². The monoisotopic (exact) mass is 417 g/mol. The van der Waals surface area contributed by atoms with Crippen LogP contribution >= 0.6 is 11.3 Å². The molecule has 8 nitrogen and oxygen atoms in total. The number of hydrogen-bond donors (Lipinski definition) is 1. The molecule has 1 N–H and O–H groups in total. The van der Waals surface area contributed by atoms with Gasteiger partial charge in [-0.25, -0.2) is 4.79 Å². The number of thiophene rings is 1. The number of amides is 1. The molecule has 0 unspecified atom stereocenters. The van der Waals surface area contributed by atoms with Crippen LogP contribution in [0.3, 0.4) is 0 Å². The van der Waals surface area contributed by atoms with Gasteiger partial charge < -0.3 is 15.0 Å². The van der Waals surface area contributed by atoms with Crippen molar-refractivity contribution in [2.24, 2.45) is 0 Å². The Balaban J connectivity index is 1.90. The Bertz CT molecular complexity index is 963. The lowest BCUT2D eigenvalue weighted by molar-refractivity contribution is -0.384. The van der Waals surface area contributed by atoms with Gasteiger partial charge in [-0.15, -0.1) is 11.3 Å². The third-order valence-electron chi connectivity index (χ3n) is 5.13. The molecule has 154 valence electrons. The van der Waals surface area contributed by atoms with Crippen LogP contribution in [0.4, 0.5) is 16.4 Å². The molecular weight excluding hydrogens is 394 g/mol. The van der Waals surface area contributed by atoms with Crippen molar-refractivity contribution in [1.29, 1.82) is 0 Å². The Morgan fingerprint density at radius 3 is 2.52 bits per heavy atom. The molecule has 1 aliphatic heterocycles. The first kappa shape index (κ1) is 20.8. The molecule has 0 bridgehead atoms. The van der Waals surface area contributed by atoms with Crippen LogP contribution in [-0.2, 0) is 4.74 Å². The number of carbonyl (C=O) groups is 2. The fourth-order valence-electron chi connectivity index (χ4n) is 3.45. The summed E-state index contributed by atoms with van der Waals surface area (Å²) in [5, 5.41) is 14.7. The summed E-state index contributed by atoms with van der Waals surface area (Å²) in [6.07, 6.45) is 3.10. The largest absolute Gasteiger partial charge is 0.465 e. The predicted octanol–water partition coefficient (Wildman–Crippen LogP) is 4.30. The highest BCUT2D eigenvalue weighted by Crippen LogP contribution is 2.35. The molecular formula is C20H23N3O5S. The van der Waals surface area contributed by atoms with Crippen molar-refractivity contribution < 1.29 is 19.2 Å². The molecule has 1 aliphatic rings. The highest BCUT2D eigenvalue weighted by Gasteiger charge is 2.25. The van der Waals surface area contributed by atoms with E-state index in [4.69, 9.17) is 4.74 Å². The summed E-state index contributed by atoms with van der Waals surface area (Å²) in [5.74, 6) is -1.04. The number of benzene rings is 1. The summed E-state index contributed by atoms with van der Waals surface area (Å²) in [6, 6.07) is 4.51. The topological polar surface area (TPSA) is 102 Å². The third-order valence-corrected chi connectivity index (χ3v) is 6.26. The first-order valence-corrected chi connectivity index (χ1v) is 10.2. The van der Waals surface area contributed by atoms with E-state index < -0.39 is 16.8 Å². The van der Waals surface area contributed by atoms with Crippen LogP contribution in [0.2, 0.25) is 0 Å². The molecule has 9 heteroatoms. The fourth-order valence-corrected chi connectivity index (χ4v) is 4.49. The van der Waals surface area contributed by atoms with E-state index >= 15 is 0 Å². The number of nitrogens with zero attached hydrogens (tertiary/aromatic N) is 2. The van der Waals surface area contributed by atoms with E-state index in [1.54, 1.807) is 19.1 Å². The molecule has 3 rings (SSSR count). The minimum Gasteiger partial charge on any atom is -0.465 e. The lowest BCUT2D eigenvalue weighted by Crippen LogP contribution is -2.30. The molecule has 1 fully saturated rings. The quantitative estimate of drug-likeness (QED) is 0.442. The minimum atomic E-state index is -0.534. The van der Waals surface area contributed by atoms with Gasteiger partial charge in [-0.2, -0.15) is 0 Å². The summed E-state index contributed by atoms with van der Waals surface area (Å²) in [7, 11) is 1.28. The Morgan fingerprint density at radius 2 is 1.90 bits per heavy atom. The number of methoxy groups -OCH3 is 1. The zero-order valence-corrected chi connectivity index (χ0v) is 17.4. The van der Waals surface area contributed by atoms with E-state index in [0.29, 0.717) is 16.3 Å². The number of rotatable bonds is 5. The summed E-state index contributed by atoms with van der Waals surface area (Å²) in [5.41, 5.74) is 1.65. The average molecular weight is 417 g/mol. The molecule has 0 radical (unpaired) electrons. The zero-order chi connectivity index (χ0) is 21.1. The second kappa shape index (κ2) is 8.60. The van der Waals surface area contributed by atoms with Crippen molar-refractivity contribution >= 4 is 39.6 Å². The molecule has 1 amide bonds. The van der Waals surface area contributed by atoms with Crippen LogP contribution in [0.5, 0.6) is 0 Å². The van der Waals surface area contributed by atoms with Crippen LogP contribution in [0.25, 0.3) is 0 Å². The third kappa shape index (κ3) is 4.24. The van der Waals surface area contributed by atoms with Crippen LogP contribution in [0, 0.1) is 24.0 Å². The van der Waals surface area contributed by atoms with Crippen LogP contribution < -0.4 is 10.2 Å². The molecule has 0 atom stereocenters. The first-order chi connectivity index (χ1) is 13.8. The second-order valence-corrected chi connectivity index (χ2v) is 8.17. The molecule has 1 aromatic carbocycles. The van der Waals surface area contributed by atoms with Gasteiger partial charge in [0.1, 0.15) is 10.7 Å². The number of ether oxygens (including phenoxy) is 1. The van der Waals surface area contributed by atoms with Crippen molar-refractivity contribution in [3.8, 4) is 0 Å². The van der Waals surface area contributed by atoms with Crippen molar-refractivity contribution in [2.45, 2.75) is 33.1 Å². The standard InChI is InChI=1S/C20H23N3O5S/c1-12-13(2)29-19(17(12)20(25)28-3)21-18(24)14-7-8-15(16(11-14)23(26)27)22-9-5-4-6-10-22/h7-8,11H,4-6,9-10H2,1-3H3,(H,21,24). The Kier molecular flexibility index (Phi) is 6.17. The van der Waals surface area contributed by atoms with Crippen molar-refractivity contribution in [2.75, 3.05) is 30.4 Å². The highest BCUT2D eigenvalue weighted by molar-refractivity contribution is 7.16. The van der Waals surface area contributed by atoms with Gasteiger partial charge in [0.25, 0.3) is 11.6 Å². The Hall–Kier alpha value is -2.94. The number of carbonyl (C=O) groups excluding carboxylic acids is 2. The molecule has 2 aromatic rings. The summed E-state index contributed by atoms with van der Waals surface area (Å²) < 4.78 is 4.81. The molecule has 1 aromatic heterocycles. The number of esters is 1. The predicted molar refractivity (Wildman–Crippen MR) is 112 cm³/mol. The normalized spacial score (nSPS) is 13.8. The molecule has 0 aliphatic carbocycles. The average Bonchev–Trinajstić information content (AvgIpc) is 3.00. The van der Waals surface area contributed by atoms with Gasteiger partial charge in [0, 0.05) is 29.6 Å². The zero-order valence-electron chi connectivity index (χ0n) is 16.6. The highest BCUT2D eigenvalue weighted by atomic mass is 32.1. The maximum atomic E-state index is 12.8. The number of piperidine rings is 1. The van der Waals surface area contributed by atoms with Gasteiger partial charge in [0.05, 0.1) is 17.6 Å². The second-order valence-electron chi connectivity index (χ2n) is 6.94. The molecule has 29 heavy (non-hydrogen) atoms. The maximum absolute atomic E-state index is 12.8. The van der Waals surface area contributed by atoms with Gasteiger partial charge >= 0.3 is 5.97 Å². The van der Waals surface area contributed by atoms with Crippen molar-refractivity contribution in [1.82, 2.24) is 0 Å². The van der Waals surface area contributed by atoms with Gasteiger partial charge in [0.2, 0.25) is 0 Å². The summed E-state index contributed by atoms with van der Waals surface area (Å²) in [6.45, 7) is 5.16. The van der Waals surface area contributed by atoms with Crippen LogP contribution in [0.15, 0.2) is 18.2 Å². The molecule has 1 saturated heterocycles. The van der Waals surface area contributed by atoms with Crippen molar-refractivity contribution in [3.63, 3.8) is 0 Å². The minimum absolute atomic E-state index is 0.0914. The Morgan fingerprint density at radius 1 is 1.21 bits per heavy atom. The van der Waals surface area contributed by atoms with Crippen LogP contribution in [-0.4, -0.2) is 37.0 Å². The van der Waals surface area contributed by atoms with Gasteiger partial charge in [0.15, 0.2) is 0 Å². The van der Waals surface area contributed by atoms with Crippen LogP contribution in [0.1, 0.15) is 50.4 Å². The van der Waals surface area contributed by atoms with Gasteiger partial charge in [-0.05, 0) is 50.8 Å². The molecule has 0 saturated carbocycles. The number of nitrogens with one attached hydrogen (secondary N) is 1. The molecule has 2 heterocycles.